The van der Waals surface area contributed by atoms with Crippen LogP contribution >= 0.6 is 11.6 Å². The maximum absolute atomic E-state index is 8.79. The summed E-state index contributed by atoms with van der Waals surface area (Å²) in [5.41, 5.74) is 0.968. The van der Waals surface area contributed by atoms with E-state index in [-0.39, 0.29) is 6.61 Å². The van der Waals surface area contributed by atoms with Gasteiger partial charge in [-0.05, 0) is 31.4 Å². The largest absolute Gasteiger partial charge is 0.493 e. The van der Waals surface area contributed by atoms with Gasteiger partial charge in [0.15, 0.2) is 11.5 Å². The van der Waals surface area contributed by atoms with Gasteiger partial charge in [0.1, 0.15) is 0 Å². The molecule has 1 atom stereocenters. The summed E-state index contributed by atoms with van der Waals surface area (Å²) in [5.74, 6) is 1.19. The van der Waals surface area contributed by atoms with E-state index in [9.17, 15) is 0 Å². The number of methoxy groups -OCH3 is 2. The molecule has 0 spiro atoms. The Bertz CT molecular complexity index is 399. The number of aliphatic hydroxyl groups excluding tert-OH is 1. The first-order valence-corrected chi connectivity index (χ1v) is 6.75. The molecule has 0 aromatic heterocycles. The summed E-state index contributed by atoms with van der Waals surface area (Å²) in [7, 11) is 3.16. The van der Waals surface area contributed by atoms with Gasteiger partial charge in [-0.15, -0.1) is 0 Å². The lowest BCUT2D eigenvalue weighted by Gasteiger charge is -2.16. The normalized spacial score (nSPS) is 12.3. The fourth-order valence-electron chi connectivity index (χ4n) is 1.85. The molecule has 1 rings (SSSR count). The van der Waals surface area contributed by atoms with Gasteiger partial charge in [-0.25, -0.2) is 0 Å². The maximum atomic E-state index is 8.79. The van der Waals surface area contributed by atoms with E-state index in [1.54, 1.807) is 14.2 Å². The molecular formula is C14H22ClNO3. The molecule has 0 fully saturated rings. The van der Waals surface area contributed by atoms with Crippen LogP contribution in [0.15, 0.2) is 12.1 Å². The van der Waals surface area contributed by atoms with Gasteiger partial charge in [-0.3, -0.25) is 0 Å². The number of benzene rings is 1. The summed E-state index contributed by atoms with van der Waals surface area (Å²) in [6, 6.07) is 4.10. The Morgan fingerprint density at radius 3 is 2.63 bits per heavy atom. The highest BCUT2D eigenvalue weighted by Crippen LogP contribution is 2.37. The summed E-state index contributed by atoms with van der Waals surface area (Å²) in [4.78, 5) is 0. The van der Waals surface area contributed by atoms with Crippen LogP contribution < -0.4 is 14.8 Å². The van der Waals surface area contributed by atoms with Crippen molar-refractivity contribution in [1.29, 1.82) is 0 Å². The molecule has 1 aromatic carbocycles. The SMILES string of the molecule is COc1ccc(CNC(C)CCCO)c(Cl)c1OC. The minimum Gasteiger partial charge on any atom is -0.493 e. The third kappa shape index (κ3) is 4.56. The zero-order chi connectivity index (χ0) is 14.3. The Morgan fingerprint density at radius 2 is 2.05 bits per heavy atom. The molecule has 0 heterocycles. The predicted molar refractivity (Wildman–Crippen MR) is 77.2 cm³/mol. The first-order chi connectivity index (χ1) is 9.13. The molecule has 108 valence electrons. The molecule has 19 heavy (non-hydrogen) atoms. The highest BCUT2D eigenvalue weighted by atomic mass is 35.5. The molecule has 0 aliphatic carbocycles. The molecule has 0 amide bonds. The molecule has 0 saturated carbocycles. The van der Waals surface area contributed by atoms with Crippen LogP contribution in [-0.4, -0.2) is 32.0 Å². The van der Waals surface area contributed by atoms with E-state index in [1.165, 1.54) is 0 Å². The van der Waals surface area contributed by atoms with Crippen LogP contribution in [0.25, 0.3) is 0 Å². The van der Waals surface area contributed by atoms with Gasteiger partial charge in [0.25, 0.3) is 0 Å². The van der Waals surface area contributed by atoms with Crippen molar-refractivity contribution in [1.82, 2.24) is 5.32 Å². The lowest BCUT2D eigenvalue weighted by atomic mass is 10.1. The smallest absolute Gasteiger partial charge is 0.179 e. The molecule has 4 nitrogen and oxygen atoms in total. The van der Waals surface area contributed by atoms with E-state index in [0.29, 0.717) is 29.1 Å². The van der Waals surface area contributed by atoms with Gasteiger partial charge >= 0.3 is 0 Å². The summed E-state index contributed by atoms with van der Waals surface area (Å²) in [6.07, 6.45) is 1.73. The standard InChI is InChI=1S/C14H22ClNO3/c1-10(5-4-8-17)16-9-11-6-7-12(18-2)14(19-3)13(11)15/h6-7,10,16-17H,4-5,8-9H2,1-3H3. The van der Waals surface area contributed by atoms with E-state index in [1.807, 2.05) is 12.1 Å². The number of hydrogen-bond acceptors (Lipinski definition) is 4. The lowest BCUT2D eigenvalue weighted by Crippen LogP contribution is -2.25. The van der Waals surface area contributed by atoms with E-state index >= 15 is 0 Å². The van der Waals surface area contributed by atoms with Crippen molar-refractivity contribution in [3.8, 4) is 11.5 Å². The Hall–Kier alpha value is -0.970. The van der Waals surface area contributed by atoms with Gasteiger partial charge in [-0.2, -0.15) is 0 Å². The van der Waals surface area contributed by atoms with Crippen molar-refractivity contribution >= 4 is 11.6 Å². The molecule has 0 radical (unpaired) electrons. The Balaban J connectivity index is 2.69. The molecular weight excluding hydrogens is 266 g/mol. The average Bonchev–Trinajstić information content (AvgIpc) is 2.43. The van der Waals surface area contributed by atoms with Crippen LogP contribution in [0, 0.1) is 0 Å². The highest BCUT2D eigenvalue weighted by Gasteiger charge is 2.13. The fraction of sp³-hybridized carbons (Fsp3) is 0.571. The van der Waals surface area contributed by atoms with Crippen molar-refractivity contribution < 1.29 is 14.6 Å². The van der Waals surface area contributed by atoms with Crippen LogP contribution in [0.2, 0.25) is 5.02 Å². The average molecular weight is 288 g/mol. The Kier molecular flexibility index (Phi) is 6.99. The minimum absolute atomic E-state index is 0.225. The van der Waals surface area contributed by atoms with Gasteiger partial charge in [0.05, 0.1) is 19.2 Å². The molecule has 0 aliphatic heterocycles. The van der Waals surface area contributed by atoms with Crippen molar-refractivity contribution in [2.24, 2.45) is 0 Å². The third-order valence-electron chi connectivity index (χ3n) is 3.00. The first kappa shape index (κ1) is 16.1. The minimum atomic E-state index is 0.225. The molecule has 0 bridgehead atoms. The number of halogens is 1. The highest BCUT2D eigenvalue weighted by molar-refractivity contribution is 6.33. The van der Waals surface area contributed by atoms with E-state index in [2.05, 4.69) is 12.2 Å². The second-order valence-electron chi connectivity index (χ2n) is 4.42. The Labute approximate surface area is 119 Å². The van der Waals surface area contributed by atoms with Crippen molar-refractivity contribution in [2.75, 3.05) is 20.8 Å². The summed E-state index contributed by atoms with van der Waals surface area (Å²) in [6.45, 7) is 2.97. The maximum Gasteiger partial charge on any atom is 0.179 e. The summed E-state index contributed by atoms with van der Waals surface area (Å²) < 4.78 is 10.5. The summed E-state index contributed by atoms with van der Waals surface area (Å²) >= 11 is 6.30. The second kappa shape index (κ2) is 8.25. The molecule has 5 heteroatoms. The quantitative estimate of drug-likeness (QED) is 0.772. The monoisotopic (exact) mass is 287 g/mol. The molecule has 2 N–H and O–H groups in total. The van der Waals surface area contributed by atoms with E-state index in [4.69, 9.17) is 26.2 Å². The van der Waals surface area contributed by atoms with E-state index < -0.39 is 0 Å². The molecule has 0 aliphatic rings. The summed E-state index contributed by atoms with van der Waals surface area (Å²) in [5, 5.41) is 12.7. The zero-order valence-electron chi connectivity index (χ0n) is 11.7. The van der Waals surface area contributed by atoms with Crippen LogP contribution in [0.4, 0.5) is 0 Å². The number of hydrogen-bond donors (Lipinski definition) is 2. The second-order valence-corrected chi connectivity index (χ2v) is 4.80. The fourth-order valence-corrected chi connectivity index (χ4v) is 2.15. The number of ether oxygens (including phenoxy) is 2. The van der Waals surface area contributed by atoms with E-state index in [0.717, 1.165) is 18.4 Å². The van der Waals surface area contributed by atoms with Gasteiger partial charge in [0.2, 0.25) is 0 Å². The van der Waals surface area contributed by atoms with Crippen LogP contribution in [0.5, 0.6) is 11.5 Å². The lowest BCUT2D eigenvalue weighted by molar-refractivity contribution is 0.276. The first-order valence-electron chi connectivity index (χ1n) is 6.37. The number of rotatable bonds is 8. The molecule has 0 saturated heterocycles. The molecule has 1 unspecified atom stereocenters. The van der Waals surface area contributed by atoms with Gasteiger partial charge in [0, 0.05) is 19.2 Å². The topological polar surface area (TPSA) is 50.7 Å². The van der Waals surface area contributed by atoms with Crippen LogP contribution in [0.1, 0.15) is 25.3 Å². The van der Waals surface area contributed by atoms with Gasteiger partial charge < -0.3 is 19.9 Å². The zero-order valence-corrected chi connectivity index (χ0v) is 12.5. The van der Waals surface area contributed by atoms with Crippen LogP contribution in [0.3, 0.4) is 0 Å². The third-order valence-corrected chi connectivity index (χ3v) is 3.42. The van der Waals surface area contributed by atoms with Crippen molar-refractivity contribution in [2.45, 2.75) is 32.4 Å². The Morgan fingerprint density at radius 1 is 1.32 bits per heavy atom. The molecule has 1 aromatic rings. The van der Waals surface area contributed by atoms with Crippen molar-refractivity contribution in [3.63, 3.8) is 0 Å². The van der Waals surface area contributed by atoms with Gasteiger partial charge in [-0.1, -0.05) is 17.7 Å². The number of aliphatic hydroxyl groups is 1. The van der Waals surface area contributed by atoms with Crippen LogP contribution in [-0.2, 0) is 6.54 Å². The predicted octanol–water partition coefficient (Wildman–Crippen LogP) is 2.61. The van der Waals surface area contributed by atoms with Crippen molar-refractivity contribution in [3.05, 3.63) is 22.7 Å². The number of nitrogens with one attached hydrogen (secondary N) is 1.